The Morgan fingerprint density at radius 2 is 1.88 bits per heavy atom. The highest BCUT2D eigenvalue weighted by Crippen LogP contribution is 2.18. The van der Waals surface area contributed by atoms with E-state index in [0.29, 0.717) is 54.5 Å². The van der Waals surface area contributed by atoms with Gasteiger partial charge in [-0.2, -0.15) is 4.31 Å². The summed E-state index contributed by atoms with van der Waals surface area (Å²) in [6.07, 6.45) is 0.735. The highest BCUT2D eigenvalue weighted by atomic mass is 35.5. The second kappa shape index (κ2) is 8.30. The molecule has 1 fully saturated rings. The third-order valence-corrected chi connectivity index (χ3v) is 6.16. The standard InChI is InChI=1S/C17H21ClN4O3S/c1-13-20-16(18)12-17(21-13)19-7-6-14-2-4-15(5-3-14)26(23,24)22-8-10-25-11-9-22/h2-5,12H,6-11H2,1H3,(H,19,20,21). The molecule has 3 rings (SSSR count). The molecule has 2 aromatic rings. The number of morpholine rings is 1. The summed E-state index contributed by atoms with van der Waals surface area (Å²) in [5, 5.41) is 3.60. The predicted octanol–water partition coefficient (Wildman–Crippen LogP) is 2.11. The number of aryl methyl sites for hydroxylation is 1. The molecule has 26 heavy (non-hydrogen) atoms. The third kappa shape index (κ3) is 4.70. The van der Waals surface area contributed by atoms with Crippen molar-refractivity contribution >= 4 is 27.4 Å². The van der Waals surface area contributed by atoms with Crippen molar-refractivity contribution in [1.29, 1.82) is 0 Å². The fourth-order valence-corrected chi connectivity index (χ4v) is 4.35. The first-order chi connectivity index (χ1) is 12.4. The molecular formula is C17H21ClN4O3S. The summed E-state index contributed by atoms with van der Waals surface area (Å²) in [5.74, 6) is 1.28. The summed E-state index contributed by atoms with van der Waals surface area (Å²) >= 11 is 5.91. The molecule has 0 atom stereocenters. The van der Waals surface area contributed by atoms with Crippen molar-refractivity contribution in [2.45, 2.75) is 18.2 Å². The van der Waals surface area contributed by atoms with E-state index in [4.69, 9.17) is 16.3 Å². The van der Waals surface area contributed by atoms with Gasteiger partial charge in [0, 0.05) is 25.7 Å². The molecule has 0 bridgehead atoms. The van der Waals surface area contributed by atoms with Gasteiger partial charge in [0.1, 0.15) is 16.8 Å². The summed E-state index contributed by atoms with van der Waals surface area (Å²) in [7, 11) is -3.45. The molecule has 140 valence electrons. The van der Waals surface area contributed by atoms with Gasteiger partial charge in [-0.3, -0.25) is 0 Å². The number of anilines is 1. The van der Waals surface area contributed by atoms with Gasteiger partial charge in [-0.25, -0.2) is 18.4 Å². The highest BCUT2D eigenvalue weighted by Gasteiger charge is 2.25. The third-order valence-electron chi connectivity index (χ3n) is 4.06. The van der Waals surface area contributed by atoms with Crippen molar-refractivity contribution in [3.05, 3.63) is 46.9 Å². The smallest absolute Gasteiger partial charge is 0.243 e. The minimum absolute atomic E-state index is 0.314. The Hall–Kier alpha value is -1.74. The fourth-order valence-electron chi connectivity index (χ4n) is 2.72. The van der Waals surface area contributed by atoms with Gasteiger partial charge in [-0.1, -0.05) is 23.7 Å². The molecule has 1 aromatic carbocycles. The zero-order chi connectivity index (χ0) is 18.6. The minimum atomic E-state index is -3.45. The van der Waals surface area contributed by atoms with Crippen molar-refractivity contribution < 1.29 is 13.2 Å². The van der Waals surface area contributed by atoms with E-state index in [1.54, 1.807) is 25.1 Å². The molecule has 0 amide bonds. The van der Waals surface area contributed by atoms with Crippen LogP contribution in [0, 0.1) is 6.92 Å². The number of ether oxygens (including phenoxy) is 1. The molecule has 1 saturated heterocycles. The summed E-state index contributed by atoms with van der Waals surface area (Å²) in [6, 6.07) is 8.67. The normalized spacial score (nSPS) is 15.8. The molecule has 1 aromatic heterocycles. The van der Waals surface area contributed by atoms with Crippen LogP contribution >= 0.6 is 11.6 Å². The van der Waals surface area contributed by atoms with E-state index in [1.807, 2.05) is 12.1 Å². The highest BCUT2D eigenvalue weighted by molar-refractivity contribution is 7.89. The van der Waals surface area contributed by atoms with E-state index >= 15 is 0 Å². The largest absolute Gasteiger partial charge is 0.379 e. The lowest BCUT2D eigenvalue weighted by atomic mass is 10.1. The zero-order valence-electron chi connectivity index (χ0n) is 14.5. The summed E-state index contributed by atoms with van der Waals surface area (Å²) in [5.41, 5.74) is 1.04. The zero-order valence-corrected chi connectivity index (χ0v) is 16.1. The molecule has 9 heteroatoms. The maximum absolute atomic E-state index is 12.6. The van der Waals surface area contributed by atoms with Gasteiger partial charge >= 0.3 is 0 Å². The first-order valence-electron chi connectivity index (χ1n) is 8.37. The molecule has 0 saturated carbocycles. The number of aromatic nitrogens is 2. The molecule has 0 unspecified atom stereocenters. The van der Waals surface area contributed by atoms with Gasteiger partial charge in [0.05, 0.1) is 18.1 Å². The van der Waals surface area contributed by atoms with Crippen LogP contribution in [0.5, 0.6) is 0 Å². The number of benzene rings is 1. The number of halogens is 1. The lowest BCUT2D eigenvalue weighted by Gasteiger charge is -2.26. The van der Waals surface area contributed by atoms with Crippen molar-refractivity contribution in [1.82, 2.24) is 14.3 Å². The number of nitrogens with one attached hydrogen (secondary N) is 1. The Labute approximate surface area is 158 Å². The van der Waals surface area contributed by atoms with Gasteiger partial charge in [-0.05, 0) is 31.0 Å². The Morgan fingerprint density at radius 1 is 1.19 bits per heavy atom. The van der Waals surface area contributed by atoms with Crippen LogP contribution < -0.4 is 5.32 Å². The Morgan fingerprint density at radius 3 is 2.54 bits per heavy atom. The van der Waals surface area contributed by atoms with E-state index in [0.717, 1.165) is 12.0 Å². The maximum atomic E-state index is 12.6. The second-order valence-corrected chi connectivity index (χ2v) is 8.29. The molecule has 0 radical (unpaired) electrons. The van der Waals surface area contributed by atoms with Crippen LogP contribution in [0.2, 0.25) is 5.15 Å². The Bertz CT molecular complexity index is 833. The lowest BCUT2D eigenvalue weighted by Crippen LogP contribution is -2.40. The van der Waals surface area contributed by atoms with E-state index in [1.165, 1.54) is 4.31 Å². The van der Waals surface area contributed by atoms with Crippen LogP contribution in [-0.4, -0.2) is 55.5 Å². The quantitative estimate of drug-likeness (QED) is 0.753. The molecule has 1 N–H and O–H groups in total. The Balaban J connectivity index is 1.59. The first-order valence-corrected chi connectivity index (χ1v) is 10.2. The van der Waals surface area contributed by atoms with Crippen LogP contribution in [0.4, 0.5) is 5.82 Å². The molecular weight excluding hydrogens is 376 g/mol. The van der Waals surface area contributed by atoms with E-state index < -0.39 is 10.0 Å². The number of hydrogen-bond donors (Lipinski definition) is 1. The van der Waals surface area contributed by atoms with E-state index in [-0.39, 0.29) is 0 Å². The maximum Gasteiger partial charge on any atom is 0.243 e. The van der Waals surface area contributed by atoms with Gasteiger partial charge < -0.3 is 10.1 Å². The summed E-state index contributed by atoms with van der Waals surface area (Å²) < 4.78 is 31.9. The minimum Gasteiger partial charge on any atom is -0.379 e. The van der Waals surface area contributed by atoms with Crippen molar-refractivity contribution in [3.8, 4) is 0 Å². The fraction of sp³-hybridized carbons (Fsp3) is 0.412. The molecule has 7 nitrogen and oxygen atoms in total. The van der Waals surface area contributed by atoms with E-state index in [2.05, 4.69) is 15.3 Å². The lowest BCUT2D eigenvalue weighted by molar-refractivity contribution is 0.0730. The van der Waals surface area contributed by atoms with Crippen LogP contribution in [0.3, 0.4) is 0 Å². The Kier molecular flexibility index (Phi) is 6.08. The SMILES string of the molecule is Cc1nc(Cl)cc(NCCc2ccc(S(=O)(=O)N3CCOCC3)cc2)n1. The van der Waals surface area contributed by atoms with Gasteiger partial charge in [0.15, 0.2) is 0 Å². The molecule has 2 heterocycles. The summed E-state index contributed by atoms with van der Waals surface area (Å²) in [4.78, 5) is 8.59. The average Bonchev–Trinajstić information content (AvgIpc) is 2.62. The van der Waals surface area contributed by atoms with Crippen LogP contribution in [0.1, 0.15) is 11.4 Å². The number of nitrogens with zero attached hydrogens (tertiary/aromatic N) is 3. The average molecular weight is 397 g/mol. The predicted molar refractivity (Wildman–Crippen MR) is 100.0 cm³/mol. The number of sulfonamides is 1. The molecule has 1 aliphatic rings. The van der Waals surface area contributed by atoms with Crippen LogP contribution in [-0.2, 0) is 21.2 Å². The van der Waals surface area contributed by atoms with Crippen LogP contribution in [0.25, 0.3) is 0 Å². The number of hydrogen-bond acceptors (Lipinski definition) is 6. The molecule has 0 aliphatic carbocycles. The van der Waals surface area contributed by atoms with Crippen molar-refractivity contribution in [2.24, 2.45) is 0 Å². The molecule has 1 aliphatic heterocycles. The van der Waals surface area contributed by atoms with Crippen LogP contribution in [0.15, 0.2) is 35.2 Å². The van der Waals surface area contributed by atoms with E-state index in [9.17, 15) is 8.42 Å². The van der Waals surface area contributed by atoms with Gasteiger partial charge in [0.25, 0.3) is 0 Å². The van der Waals surface area contributed by atoms with Crippen molar-refractivity contribution in [2.75, 3.05) is 38.2 Å². The second-order valence-electron chi connectivity index (χ2n) is 5.96. The monoisotopic (exact) mass is 396 g/mol. The first kappa shape index (κ1) is 19.0. The number of rotatable bonds is 6. The topological polar surface area (TPSA) is 84.4 Å². The molecule has 0 spiro atoms. The summed E-state index contributed by atoms with van der Waals surface area (Å²) in [6.45, 7) is 4.11. The van der Waals surface area contributed by atoms with Gasteiger partial charge in [-0.15, -0.1) is 0 Å². The van der Waals surface area contributed by atoms with Gasteiger partial charge in [0.2, 0.25) is 10.0 Å². The van der Waals surface area contributed by atoms with Crippen molar-refractivity contribution in [3.63, 3.8) is 0 Å².